The summed E-state index contributed by atoms with van der Waals surface area (Å²) >= 11 is 0. The zero-order valence-electron chi connectivity index (χ0n) is 27.9. The van der Waals surface area contributed by atoms with Gasteiger partial charge in [0.1, 0.15) is 5.82 Å². The van der Waals surface area contributed by atoms with Crippen LogP contribution in [0.25, 0.3) is 63.1 Å². The Morgan fingerprint density at radius 2 is 0.784 bits per heavy atom. The Hall–Kier alpha value is -6.85. The van der Waals surface area contributed by atoms with Crippen molar-refractivity contribution in [3.63, 3.8) is 0 Å². The Balaban J connectivity index is 0.000000129. The van der Waals surface area contributed by atoms with E-state index in [1.54, 1.807) is 12.1 Å². The van der Waals surface area contributed by atoms with Crippen LogP contribution in [0.1, 0.15) is 33.9 Å². The van der Waals surface area contributed by atoms with Crippen LogP contribution in [0.2, 0.25) is 0 Å². The molecule has 0 aliphatic carbocycles. The molecule has 246 valence electrons. The van der Waals surface area contributed by atoms with Crippen molar-refractivity contribution in [2.75, 3.05) is 0 Å². The largest absolute Gasteiger partial charge is 0.355 e. The highest BCUT2D eigenvalue weighted by molar-refractivity contribution is 5.78. The van der Waals surface area contributed by atoms with E-state index in [9.17, 15) is 4.39 Å². The molecule has 8 bridgehead atoms. The Bertz CT molecular complexity index is 2280. The monoisotopic (exact) mass is 662 g/mol. The summed E-state index contributed by atoms with van der Waals surface area (Å²) in [6.45, 7) is 4.10. The van der Waals surface area contributed by atoms with Crippen molar-refractivity contribution in [1.82, 2.24) is 19.9 Å². The van der Waals surface area contributed by atoms with Gasteiger partial charge >= 0.3 is 0 Å². The number of H-pyrrole nitrogens is 2. The standard InChI is InChI=1S/C20H14N4.C14H12.C12H9F/c1-2-14-10-16-5-6-18(23-16)12-20-8-7-19(24-20)11-17-4-3-15(22-17)9-13(1)21-14;1-12(13-8-4-2-5-9-13)14-10-6-3-7-11-14;13-12-9-5-4-8-11(12)10-6-2-1-3-7-10/h1-12,21,24H;2-11H,1H2;1-9H. The lowest BCUT2D eigenvalue weighted by Crippen LogP contribution is -1.84. The first-order valence-electron chi connectivity index (χ1n) is 16.7. The zero-order valence-corrected chi connectivity index (χ0v) is 27.9. The third-order valence-electron chi connectivity index (χ3n) is 8.25. The SMILES string of the molecule is C1=Cc2cc3ccc(cc4nc(cc5ccc(cc1n2)[nH]5)C=C4)[nH]3.C=C(c1ccccc1)c1ccccc1.Fc1ccccc1-c1ccccc1. The number of halogens is 1. The number of aromatic amines is 2. The second-order valence-corrected chi connectivity index (χ2v) is 12.0. The summed E-state index contributed by atoms with van der Waals surface area (Å²) in [6.07, 6.45) is 8.09. The first kappa shape index (κ1) is 32.7. The summed E-state index contributed by atoms with van der Waals surface area (Å²) < 4.78 is 13.3. The summed E-state index contributed by atoms with van der Waals surface area (Å²) in [6, 6.07) is 53.2. The highest BCUT2D eigenvalue weighted by atomic mass is 19.1. The quantitative estimate of drug-likeness (QED) is 0.198. The molecule has 9 rings (SSSR count). The predicted octanol–water partition coefficient (Wildman–Crippen LogP) is 11.9. The second-order valence-electron chi connectivity index (χ2n) is 12.0. The maximum atomic E-state index is 13.3. The lowest BCUT2D eigenvalue weighted by molar-refractivity contribution is 0.631. The van der Waals surface area contributed by atoms with Gasteiger partial charge in [-0.25, -0.2) is 14.4 Å². The number of rotatable bonds is 3. The summed E-state index contributed by atoms with van der Waals surface area (Å²) in [5, 5.41) is 0. The molecule has 0 atom stereocenters. The lowest BCUT2D eigenvalue weighted by atomic mass is 10.0. The van der Waals surface area contributed by atoms with Gasteiger partial charge in [0.2, 0.25) is 0 Å². The van der Waals surface area contributed by atoms with Crippen molar-refractivity contribution >= 4 is 51.9 Å². The molecule has 2 aliphatic heterocycles. The van der Waals surface area contributed by atoms with Crippen molar-refractivity contribution in [2.24, 2.45) is 0 Å². The van der Waals surface area contributed by atoms with E-state index in [4.69, 9.17) is 0 Å². The molecule has 2 aliphatic rings. The molecule has 0 amide bonds. The predicted molar refractivity (Wildman–Crippen MR) is 212 cm³/mol. The summed E-state index contributed by atoms with van der Waals surface area (Å²) in [5.41, 5.74) is 12.9. The molecule has 4 nitrogen and oxygen atoms in total. The van der Waals surface area contributed by atoms with Crippen LogP contribution in [0.3, 0.4) is 0 Å². The number of hydrogen-bond donors (Lipinski definition) is 2. The summed E-state index contributed by atoms with van der Waals surface area (Å²) in [4.78, 5) is 16.0. The molecule has 0 spiro atoms. The molecular formula is C46H35FN4. The molecular weight excluding hydrogens is 628 g/mol. The van der Waals surface area contributed by atoms with Crippen molar-refractivity contribution in [3.05, 3.63) is 210 Å². The maximum Gasteiger partial charge on any atom is 0.131 e. The van der Waals surface area contributed by atoms with Gasteiger partial charge in [0, 0.05) is 27.6 Å². The number of benzene rings is 4. The van der Waals surface area contributed by atoms with Crippen LogP contribution in [0.15, 0.2) is 170 Å². The van der Waals surface area contributed by atoms with Crippen molar-refractivity contribution < 1.29 is 4.39 Å². The zero-order chi connectivity index (χ0) is 34.8. The van der Waals surface area contributed by atoms with Gasteiger partial charge < -0.3 is 9.97 Å². The van der Waals surface area contributed by atoms with E-state index in [-0.39, 0.29) is 5.82 Å². The molecule has 2 N–H and O–H groups in total. The smallest absolute Gasteiger partial charge is 0.131 e. The fourth-order valence-electron chi connectivity index (χ4n) is 5.70. The van der Waals surface area contributed by atoms with Crippen LogP contribution < -0.4 is 0 Å². The van der Waals surface area contributed by atoms with Crippen LogP contribution >= 0.6 is 0 Å². The second kappa shape index (κ2) is 15.6. The van der Waals surface area contributed by atoms with Crippen LogP contribution in [0.5, 0.6) is 0 Å². The van der Waals surface area contributed by atoms with Crippen LogP contribution in [-0.2, 0) is 0 Å². The molecule has 7 aromatic rings. The van der Waals surface area contributed by atoms with Crippen molar-refractivity contribution in [1.29, 1.82) is 0 Å². The van der Waals surface area contributed by atoms with Gasteiger partial charge in [0.05, 0.1) is 22.8 Å². The third kappa shape index (κ3) is 8.60. The van der Waals surface area contributed by atoms with Gasteiger partial charge in [-0.1, -0.05) is 116 Å². The highest BCUT2D eigenvalue weighted by Gasteiger charge is 2.03. The molecule has 0 radical (unpaired) electrons. The van der Waals surface area contributed by atoms with Gasteiger partial charge in [-0.2, -0.15) is 0 Å². The Morgan fingerprint density at radius 1 is 0.431 bits per heavy atom. The van der Waals surface area contributed by atoms with Gasteiger partial charge in [-0.05, 0) is 101 Å². The Kier molecular flexibility index (Phi) is 9.98. The average molecular weight is 663 g/mol. The van der Waals surface area contributed by atoms with Crippen LogP contribution in [0.4, 0.5) is 4.39 Å². The minimum Gasteiger partial charge on any atom is -0.355 e. The molecule has 5 heterocycles. The van der Waals surface area contributed by atoms with E-state index in [1.165, 1.54) is 17.2 Å². The molecule has 4 aromatic carbocycles. The minimum atomic E-state index is -0.172. The molecule has 0 fully saturated rings. The first-order chi connectivity index (χ1) is 25.1. The molecule has 5 heteroatoms. The summed E-state index contributed by atoms with van der Waals surface area (Å²) in [7, 11) is 0. The van der Waals surface area contributed by atoms with E-state index in [2.05, 4.69) is 75.0 Å². The molecule has 0 saturated carbocycles. The lowest BCUT2D eigenvalue weighted by Gasteiger charge is -2.04. The van der Waals surface area contributed by atoms with Gasteiger partial charge in [-0.3, -0.25) is 0 Å². The number of aromatic nitrogens is 4. The third-order valence-corrected chi connectivity index (χ3v) is 8.25. The normalized spacial score (nSPS) is 11.2. The number of fused-ring (bicyclic) bond motifs is 8. The van der Waals surface area contributed by atoms with E-state index in [0.29, 0.717) is 5.56 Å². The van der Waals surface area contributed by atoms with Crippen molar-refractivity contribution in [3.8, 4) is 11.1 Å². The minimum absolute atomic E-state index is 0.172. The topological polar surface area (TPSA) is 57.4 Å². The van der Waals surface area contributed by atoms with E-state index >= 15 is 0 Å². The highest BCUT2D eigenvalue weighted by Crippen LogP contribution is 2.22. The fraction of sp³-hybridized carbons (Fsp3) is 0. The van der Waals surface area contributed by atoms with E-state index in [0.717, 1.165) is 56.0 Å². The Labute approximate surface area is 296 Å². The van der Waals surface area contributed by atoms with Crippen molar-refractivity contribution in [2.45, 2.75) is 0 Å². The maximum absolute atomic E-state index is 13.3. The molecule has 0 unspecified atom stereocenters. The average Bonchev–Trinajstić information content (AvgIpc) is 4.01. The summed E-state index contributed by atoms with van der Waals surface area (Å²) in [5.74, 6) is -0.172. The Morgan fingerprint density at radius 3 is 1.18 bits per heavy atom. The van der Waals surface area contributed by atoms with E-state index < -0.39 is 0 Å². The van der Waals surface area contributed by atoms with Gasteiger partial charge in [-0.15, -0.1) is 0 Å². The van der Waals surface area contributed by atoms with Crippen LogP contribution in [-0.4, -0.2) is 19.9 Å². The number of nitrogens with zero attached hydrogens (tertiary/aromatic N) is 2. The number of hydrogen-bond acceptors (Lipinski definition) is 2. The molecule has 3 aromatic heterocycles. The van der Waals surface area contributed by atoms with Crippen LogP contribution in [0, 0.1) is 5.82 Å². The molecule has 0 saturated heterocycles. The van der Waals surface area contributed by atoms with Gasteiger partial charge in [0.15, 0.2) is 0 Å². The first-order valence-corrected chi connectivity index (χ1v) is 16.7. The van der Waals surface area contributed by atoms with E-state index in [1.807, 2.05) is 121 Å². The molecule has 51 heavy (non-hydrogen) atoms. The van der Waals surface area contributed by atoms with Gasteiger partial charge in [0.25, 0.3) is 0 Å². The number of nitrogens with one attached hydrogen (secondary N) is 2. The fourth-order valence-corrected chi connectivity index (χ4v) is 5.70.